The molecule has 0 aromatic rings. The Balaban J connectivity index is 2.23. The number of carbonyl (C=O) groups is 1. The smallest absolute Gasteiger partial charge is 0.307 e. The minimum atomic E-state index is -2.06. The van der Waals surface area contributed by atoms with Crippen molar-refractivity contribution in [3.05, 3.63) is 24.3 Å². The molecule has 0 bridgehead atoms. The standard InChI is InChI=1S/C28H48O5Si2/c1-20-16-14-13-15-17-23(29)31-22(19-30-34(9,10)27(3,4)5)18-21(2)24-26(32-24)25(20)33-35(11,12)28(6,7)8/h22,24-26H,1-2,15-19H2,3-12H3/t22-,24+,25-,26-/m0/s1. The van der Waals surface area contributed by atoms with Crippen molar-refractivity contribution in [2.75, 3.05) is 6.61 Å². The number of rotatable bonds is 5. The topological polar surface area (TPSA) is 57.3 Å². The third-order valence-electron chi connectivity index (χ3n) is 7.98. The molecule has 4 atom stereocenters. The molecule has 1 fully saturated rings. The van der Waals surface area contributed by atoms with Crippen LogP contribution < -0.4 is 0 Å². The summed E-state index contributed by atoms with van der Waals surface area (Å²) in [6, 6.07) is 0. The number of ether oxygens (including phenoxy) is 2. The summed E-state index contributed by atoms with van der Waals surface area (Å²) in [5.41, 5.74) is 1.84. The summed E-state index contributed by atoms with van der Waals surface area (Å²) < 4.78 is 25.2. The summed E-state index contributed by atoms with van der Waals surface area (Å²) in [6.07, 6.45) is 0.849. The van der Waals surface area contributed by atoms with Crippen LogP contribution in [0.5, 0.6) is 0 Å². The predicted molar refractivity (Wildman–Crippen MR) is 148 cm³/mol. The highest BCUT2D eigenvalue weighted by molar-refractivity contribution is 6.74. The fourth-order valence-electron chi connectivity index (χ4n) is 3.39. The van der Waals surface area contributed by atoms with Gasteiger partial charge in [-0.2, -0.15) is 0 Å². The average Bonchev–Trinajstić information content (AvgIpc) is 3.48. The second kappa shape index (κ2) is 11.1. The van der Waals surface area contributed by atoms with Gasteiger partial charge in [0.1, 0.15) is 18.3 Å². The molecule has 0 spiro atoms. The van der Waals surface area contributed by atoms with Gasteiger partial charge in [0.05, 0.1) is 19.1 Å². The van der Waals surface area contributed by atoms with Gasteiger partial charge in [-0.1, -0.05) is 60.6 Å². The SMILES string of the molecule is C=C1C[C@@H](CO[Si](C)(C)C(C)(C)C)OC(=O)CCC#CCC(=C)[C@H](O[Si](C)(C)C(C)(C)C)[C@H]2O[C@H]12. The van der Waals surface area contributed by atoms with E-state index in [2.05, 4.69) is 92.7 Å². The third-order valence-corrected chi connectivity index (χ3v) is 16.9. The molecular weight excluding hydrogens is 472 g/mol. The van der Waals surface area contributed by atoms with Gasteiger partial charge >= 0.3 is 5.97 Å². The van der Waals surface area contributed by atoms with E-state index in [0.29, 0.717) is 25.9 Å². The Kier molecular flexibility index (Phi) is 9.50. The van der Waals surface area contributed by atoms with Crippen molar-refractivity contribution in [2.24, 2.45) is 0 Å². The maximum absolute atomic E-state index is 12.5. The highest BCUT2D eigenvalue weighted by Gasteiger charge is 2.51. The Morgan fingerprint density at radius 3 is 2.14 bits per heavy atom. The lowest BCUT2D eigenvalue weighted by Crippen LogP contribution is -2.46. The van der Waals surface area contributed by atoms with Crippen molar-refractivity contribution in [3.8, 4) is 11.8 Å². The van der Waals surface area contributed by atoms with Gasteiger partial charge in [-0.05, 0) is 47.4 Å². The molecule has 0 aromatic carbocycles. The van der Waals surface area contributed by atoms with Gasteiger partial charge in [0.15, 0.2) is 16.6 Å². The summed E-state index contributed by atoms with van der Waals surface area (Å²) >= 11 is 0. The molecule has 0 radical (unpaired) electrons. The first-order valence-electron chi connectivity index (χ1n) is 12.8. The molecule has 198 valence electrons. The molecule has 2 aliphatic heterocycles. The number of carbonyl (C=O) groups excluding carboxylic acids is 1. The monoisotopic (exact) mass is 520 g/mol. The van der Waals surface area contributed by atoms with Crippen molar-refractivity contribution >= 4 is 22.6 Å². The Hall–Kier alpha value is -1.18. The Bertz CT molecular complexity index is 866. The van der Waals surface area contributed by atoms with Crippen molar-refractivity contribution in [1.29, 1.82) is 0 Å². The van der Waals surface area contributed by atoms with E-state index < -0.39 is 22.7 Å². The Morgan fingerprint density at radius 2 is 1.57 bits per heavy atom. The molecule has 0 saturated carbocycles. The number of hydrogen-bond donors (Lipinski definition) is 0. The van der Waals surface area contributed by atoms with E-state index in [4.69, 9.17) is 18.3 Å². The second-order valence-electron chi connectivity index (χ2n) is 13.1. The van der Waals surface area contributed by atoms with Crippen molar-refractivity contribution in [3.63, 3.8) is 0 Å². The van der Waals surface area contributed by atoms with Crippen molar-refractivity contribution < 1.29 is 23.1 Å². The summed E-state index contributed by atoms with van der Waals surface area (Å²) in [6.45, 7) is 31.2. The molecule has 2 heterocycles. The minimum Gasteiger partial charge on any atom is -0.460 e. The van der Waals surface area contributed by atoms with Gasteiger partial charge in [-0.3, -0.25) is 4.79 Å². The van der Waals surface area contributed by atoms with Crippen LogP contribution in [0.3, 0.4) is 0 Å². The minimum absolute atomic E-state index is 0.0693. The van der Waals surface area contributed by atoms with Crippen molar-refractivity contribution in [1.82, 2.24) is 0 Å². The second-order valence-corrected chi connectivity index (χ2v) is 22.6. The van der Waals surface area contributed by atoms with Crippen LogP contribution in [0.4, 0.5) is 0 Å². The zero-order chi connectivity index (χ0) is 26.8. The van der Waals surface area contributed by atoms with Gasteiger partial charge < -0.3 is 18.3 Å². The van der Waals surface area contributed by atoms with E-state index in [0.717, 1.165) is 11.1 Å². The van der Waals surface area contributed by atoms with Crippen LogP contribution in [-0.4, -0.2) is 53.6 Å². The summed E-state index contributed by atoms with van der Waals surface area (Å²) in [5, 5.41) is 0.143. The third kappa shape index (κ3) is 8.16. The first-order chi connectivity index (χ1) is 15.9. The lowest BCUT2D eigenvalue weighted by molar-refractivity contribution is -0.150. The van der Waals surface area contributed by atoms with E-state index >= 15 is 0 Å². The van der Waals surface area contributed by atoms with Gasteiger partial charge in [0.25, 0.3) is 0 Å². The molecule has 5 nitrogen and oxygen atoms in total. The molecule has 35 heavy (non-hydrogen) atoms. The zero-order valence-electron chi connectivity index (χ0n) is 23.8. The number of hydrogen-bond acceptors (Lipinski definition) is 5. The molecule has 1 saturated heterocycles. The lowest BCUT2D eigenvalue weighted by atomic mass is 9.98. The van der Waals surface area contributed by atoms with Crippen LogP contribution in [0.25, 0.3) is 0 Å². The van der Waals surface area contributed by atoms with Gasteiger partial charge in [-0.15, -0.1) is 5.92 Å². The summed E-state index contributed by atoms with van der Waals surface area (Å²) in [5.74, 6) is 6.02. The fraction of sp³-hybridized carbons (Fsp3) is 0.750. The van der Waals surface area contributed by atoms with Gasteiger partial charge in [-0.25, -0.2) is 0 Å². The summed E-state index contributed by atoms with van der Waals surface area (Å²) in [7, 11) is -4.05. The zero-order valence-corrected chi connectivity index (χ0v) is 25.8. The first-order valence-corrected chi connectivity index (χ1v) is 18.6. The Labute approximate surface area is 216 Å². The largest absolute Gasteiger partial charge is 0.460 e. The molecule has 0 unspecified atom stereocenters. The molecular formula is C28H48O5Si2. The molecule has 7 heteroatoms. The van der Waals surface area contributed by atoms with Crippen molar-refractivity contribution in [2.45, 2.75) is 128 Å². The van der Waals surface area contributed by atoms with Crippen LogP contribution in [0.2, 0.25) is 36.3 Å². The maximum atomic E-state index is 12.5. The van der Waals surface area contributed by atoms with E-state index in [9.17, 15) is 4.79 Å². The number of esters is 1. The first kappa shape index (κ1) is 30.1. The lowest BCUT2D eigenvalue weighted by Gasteiger charge is -2.39. The van der Waals surface area contributed by atoms with E-state index in [1.807, 2.05) is 0 Å². The number of fused-ring (bicyclic) bond motifs is 1. The van der Waals surface area contributed by atoms with Crippen LogP contribution in [-0.2, 0) is 23.1 Å². The maximum Gasteiger partial charge on any atom is 0.307 e. The normalized spacial score (nSPS) is 27.3. The van der Waals surface area contributed by atoms with Gasteiger partial charge in [0.2, 0.25) is 0 Å². The van der Waals surface area contributed by atoms with E-state index in [-0.39, 0.29) is 40.8 Å². The Morgan fingerprint density at radius 1 is 0.971 bits per heavy atom. The highest BCUT2D eigenvalue weighted by atomic mass is 28.4. The van der Waals surface area contributed by atoms with Crippen LogP contribution in [0.1, 0.15) is 67.2 Å². The average molecular weight is 521 g/mol. The predicted octanol–water partition coefficient (Wildman–Crippen LogP) is 6.77. The van der Waals surface area contributed by atoms with Crippen LogP contribution in [0.15, 0.2) is 24.3 Å². The number of cyclic esters (lactones) is 1. The fourth-order valence-corrected chi connectivity index (χ4v) is 5.72. The van der Waals surface area contributed by atoms with Gasteiger partial charge in [0, 0.05) is 19.3 Å². The number of epoxide rings is 1. The molecule has 0 aliphatic carbocycles. The van der Waals surface area contributed by atoms with E-state index in [1.165, 1.54) is 0 Å². The molecule has 2 rings (SSSR count). The highest BCUT2D eigenvalue weighted by Crippen LogP contribution is 2.43. The molecule has 2 aliphatic rings. The summed E-state index contributed by atoms with van der Waals surface area (Å²) in [4.78, 5) is 12.5. The van der Waals surface area contributed by atoms with Crippen LogP contribution in [0, 0.1) is 11.8 Å². The van der Waals surface area contributed by atoms with Crippen LogP contribution >= 0.6 is 0 Å². The molecule has 0 N–H and O–H groups in total. The molecule has 0 amide bonds. The van der Waals surface area contributed by atoms with E-state index in [1.54, 1.807) is 0 Å². The quantitative estimate of drug-likeness (QED) is 0.132. The molecule has 0 aromatic heterocycles.